The normalized spacial score (nSPS) is 9.75. The zero-order chi connectivity index (χ0) is 5.98. The summed E-state index contributed by atoms with van der Waals surface area (Å²) in [4.78, 5) is 0. The molecule has 44 valence electrons. The zero-order valence-corrected chi connectivity index (χ0v) is 4.85. The second kappa shape index (κ2) is 2.20. The van der Waals surface area contributed by atoms with Gasteiger partial charge in [0.15, 0.2) is 5.22 Å². The van der Waals surface area contributed by atoms with Gasteiger partial charge in [0.1, 0.15) is 12.4 Å². The minimum absolute atomic E-state index is 0.0906. The summed E-state index contributed by atoms with van der Waals surface area (Å²) in [6, 6.07) is 3.22. The Hall–Kier alpha value is -0.470. The number of hydrogen-bond donors (Lipinski definition) is 1. The van der Waals surface area contributed by atoms with E-state index in [4.69, 9.17) is 21.1 Å². The summed E-state index contributed by atoms with van der Waals surface area (Å²) < 4.78 is 4.75. The van der Waals surface area contributed by atoms with Crippen LogP contribution in [0.2, 0.25) is 5.22 Å². The SMILES string of the molecule is OCc1ccc(Cl)o1. The lowest BCUT2D eigenvalue weighted by Crippen LogP contribution is -1.72. The molecular formula is C5H5ClO2. The Morgan fingerprint density at radius 2 is 2.38 bits per heavy atom. The van der Waals surface area contributed by atoms with Crippen molar-refractivity contribution in [2.24, 2.45) is 0 Å². The molecule has 0 aliphatic carbocycles. The van der Waals surface area contributed by atoms with Crippen molar-refractivity contribution >= 4 is 11.6 Å². The summed E-state index contributed by atoms with van der Waals surface area (Å²) in [5, 5.41) is 8.71. The van der Waals surface area contributed by atoms with Crippen LogP contribution in [-0.4, -0.2) is 5.11 Å². The van der Waals surface area contributed by atoms with Crippen molar-refractivity contribution < 1.29 is 9.52 Å². The first-order valence-electron chi connectivity index (χ1n) is 2.18. The lowest BCUT2D eigenvalue weighted by atomic mass is 10.5. The Kier molecular flexibility index (Phi) is 1.56. The molecular weight excluding hydrogens is 128 g/mol. The maximum atomic E-state index is 8.40. The van der Waals surface area contributed by atoms with Gasteiger partial charge in [-0.05, 0) is 23.7 Å². The molecule has 1 N–H and O–H groups in total. The van der Waals surface area contributed by atoms with Crippen LogP contribution in [-0.2, 0) is 6.61 Å². The Bertz CT molecular complexity index is 171. The summed E-state index contributed by atoms with van der Waals surface area (Å²) >= 11 is 5.36. The largest absolute Gasteiger partial charge is 0.447 e. The molecule has 0 radical (unpaired) electrons. The molecule has 3 heteroatoms. The molecule has 2 nitrogen and oxygen atoms in total. The molecule has 0 fully saturated rings. The van der Waals surface area contributed by atoms with Gasteiger partial charge in [0.05, 0.1) is 0 Å². The summed E-state index contributed by atoms with van der Waals surface area (Å²) in [6.45, 7) is -0.0906. The van der Waals surface area contributed by atoms with E-state index in [-0.39, 0.29) is 6.61 Å². The highest BCUT2D eigenvalue weighted by Gasteiger charge is 1.94. The average Bonchev–Trinajstić information content (AvgIpc) is 2.14. The monoisotopic (exact) mass is 132 g/mol. The molecule has 0 aliphatic heterocycles. The second-order valence-electron chi connectivity index (χ2n) is 1.36. The number of aliphatic hydroxyl groups is 1. The van der Waals surface area contributed by atoms with Crippen molar-refractivity contribution in [2.75, 3.05) is 0 Å². The fourth-order valence-corrected chi connectivity index (χ4v) is 0.599. The van der Waals surface area contributed by atoms with Gasteiger partial charge in [-0.3, -0.25) is 0 Å². The lowest BCUT2D eigenvalue weighted by Gasteiger charge is -1.81. The van der Waals surface area contributed by atoms with Gasteiger partial charge in [-0.15, -0.1) is 0 Å². The number of rotatable bonds is 1. The van der Waals surface area contributed by atoms with Crippen LogP contribution in [0.3, 0.4) is 0 Å². The molecule has 0 spiro atoms. The van der Waals surface area contributed by atoms with Crippen LogP contribution in [0.4, 0.5) is 0 Å². The van der Waals surface area contributed by atoms with Crippen molar-refractivity contribution in [1.29, 1.82) is 0 Å². The summed E-state index contributed by atoms with van der Waals surface area (Å²) in [5.74, 6) is 0.495. The number of aliphatic hydroxyl groups excluding tert-OH is 1. The van der Waals surface area contributed by atoms with Gasteiger partial charge < -0.3 is 9.52 Å². The minimum Gasteiger partial charge on any atom is -0.447 e. The van der Waals surface area contributed by atoms with E-state index in [1.165, 1.54) is 0 Å². The molecule has 0 aromatic carbocycles. The van der Waals surface area contributed by atoms with Crippen LogP contribution in [0.25, 0.3) is 0 Å². The third kappa shape index (κ3) is 1.02. The van der Waals surface area contributed by atoms with Crippen LogP contribution < -0.4 is 0 Å². The maximum absolute atomic E-state index is 8.40. The van der Waals surface area contributed by atoms with Crippen molar-refractivity contribution in [2.45, 2.75) is 6.61 Å². The highest BCUT2D eigenvalue weighted by Crippen LogP contribution is 2.11. The van der Waals surface area contributed by atoms with Crippen molar-refractivity contribution in [1.82, 2.24) is 0 Å². The molecule has 1 aromatic heterocycles. The van der Waals surface area contributed by atoms with Crippen LogP contribution in [0.5, 0.6) is 0 Å². The van der Waals surface area contributed by atoms with Crippen LogP contribution >= 0.6 is 11.6 Å². The van der Waals surface area contributed by atoms with Crippen LogP contribution in [0.15, 0.2) is 16.5 Å². The maximum Gasteiger partial charge on any atom is 0.193 e. The van der Waals surface area contributed by atoms with Crippen LogP contribution in [0.1, 0.15) is 5.76 Å². The topological polar surface area (TPSA) is 33.4 Å². The van der Waals surface area contributed by atoms with E-state index in [2.05, 4.69) is 0 Å². The van der Waals surface area contributed by atoms with Gasteiger partial charge >= 0.3 is 0 Å². The van der Waals surface area contributed by atoms with Crippen molar-refractivity contribution in [3.8, 4) is 0 Å². The highest BCUT2D eigenvalue weighted by atomic mass is 35.5. The Morgan fingerprint density at radius 1 is 1.62 bits per heavy atom. The average molecular weight is 133 g/mol. The smallest absolute Gasteiger partial charge is 0.193 e. The van der Waals surface area contributed by atoms with Gasteiger partial charge in [-0.2, -0.15) is 0 Å². The number of furan rings is 1. The predicted octanol–water partition coefficient (Wildman–Crippen LogP) is 1.43. The number of hydrogen-bond acceptors (Lipinski definition) is 2. The quantitative estimate of drug-likeness (QED) is 0.627. The van der Waals surface area contributed by atoms with E-state index in [1.807, 2.05) is 0 Å². The first kappa shape index (κ1) is 5.66. The molecule has 8 heavy (non-hydrogen) atoms. The predicted molar refractivity (Wildman–Crippen MR) is 29.6 cm³/mol. The van der Waals surface area contributed by atoms with E-state index in [0.29, 0.717) is 11.0 Å². The molecule has 0 amide bonds. The van der Waals surface area contributed by atoms with E-state index in [9.17, 15) is 0 Å². The molecule has 0 saturated carbocycles. The third-order valence-corrected chi connectivity index (χ3v) is 0.988. The summed E-state index contributed by atoms with van der Waals surface area (Å²) in [6.07, 6.45) is 0. The van der Waals surface area contributed by atoms with E-state index in [1.54, 1.807) is 12.1 Å². The molecule has 0 atom stereocenters. The molecule has 0 saturated heterocycles. The summed E-state index contributed by atoms with van der Waals surface area (Å²) in [7, 11) is 0. The van der Waals surface area contributed by atoms with Gasteiger partial charge in [0.25, 0.3) is 0 Å². The number of halogens is 1. The molecule has 1 heterocycles. The van der Waals surface area contributed by atoms with Gasteiger partial charge in [-0.1, -0.05) is 0 Å². The van der Waals surface area contributed by atoms with Gasteiger partial charge in [0.2, 0.25) is 0 Å². The lowest BCUT2D eigenvalue weighted by molar-refractivity contribution is 0.247. The molecule has 0 bridgehead atoms. The van der Waals surface area contributed by atoms with Crippen molar-refractivity contribution in [3.63, 3.8) is 0 Å². The molecule has 0 aliphatic rings. The molecule has 0 unspecified atom stereocenters. The highest BCUT2D eigenvalue weighted by molar-refractivity contribution is 6.28. The van der Waals surface area contributed by atoms with E-state index < -0.39 is 0 Å². The Morgan fingerprint density at radius 3 is 2.62 bits per heavy atom. The standard InChI is InChI=1S/C5H5ClO2/c6-5-2-1-4(3-7)8-5/h1-2,7H,3H2. The fraction of sp³-hybridized carbons (Fsp3) is 0.200. The Labute approximate surface area is 51.7 Å². The van der Waals surface area contributed by atoms with E-state index >= 15 is 0 Å². The third-order valence-electron chi connectivity index (χ3n) is 0.785. The summed E-state index contributed by atoms with van der Waals surface area (Å²) in [5.41, 5.74) is 0. The zero-order valence-electron chi connectivity index (χ0n) is 4.10. The van der Waals surface area contributed by atoms with Gasteiger partial charge in [-0.25, -0.2) is 0 Å². The Balaban J connectivity index is 2.84. The minimum atomic E-state index is -0.0906. The molecule has 1 rings (SSSR count). The fourth-order valence-electron chi connectivity index (χ4n) is 0.437. The first-order chi connectivity index (χ1) is 3.83. The van der Waals surface area contributed by atoms with Crippen molar-refractivity contribution in [3.05, 3.63) is 23.1 Å². The van der Waals surface area contributed by atoms with Crippen LogP contribution in [0, 0.1) is 0 Å². The van der Waals surface area contributed by atoms with E-state index in [0.717, 1.165) is 0 Å². The second-order valence-corrected chi connectivity index (χ2v) is 1.74. The molecule has 1 aromatic rings. The first-order valence-corrected chi connectivity index (χ1v) is 2.56. The van der Waals surface area contributed by atoms with Gasteiger partial charge in [0, 0.05) is 0 Å².